The number of benzene rings is 2. The summed E-state index contributed by atoms with van der Waals surface area (Å²) in [4.78, 5) is 20.9. The minimum absolute atomic E-state index is 0.0204. The van der Waals surface area contributed by atoms with Gasteiger partial charge in [-0.1, -0.05) is 60.7 Å². The molecule has 1 aliphatic carbocycles. The number of hydrogen-bond acceptors (Lipinski definition) is 3. The van der Waals surface area contributed by atoms with Crippen molar-refractivity contribution < 1.29 is 4.79 Å². The number of amides is 1. The van der Waals surface area contributed by atoms with Gasteiger partial charge in [-0.25, -0.2) is 4.98 Å². The fourth-order valence-electron chi connectivity index (χ4n) is 4.34. The molecule has 0 aliphatic heterocycles. The lowest BCUT2D eigenvalue weighted by molar-refractivity contribution is -0.126. The van der Waals surface area contributed by atoms with Crippen LogP contribution in [0.15, 0.2) is 66.9 Å². The number of rotatable bonds is 7. The maximum absolute atomic E-state index is 12.8. The van der Waals surface area contributed by atoms with Crippen molar-refractivity contribution in [3.8, 4) is 11.3 Å². The second kappa shape index (κ2) is 9.72. The Labute approximate surface area is 178 Å². The van der Waals surface area contributed by atoms with Gasteiger partial charge in [0.05, 0.1) is 17.8 Å². The largest absolute Gasteiger partial charge is 0.355 e. The lowest BCUT2D eigenvalue weighted by atomic mass is 9.81. The summed E-state index contributed by atoms with van der Waals surface area (Å²) in [6.45, 7) is 1.26. The summed E-state index contributed by atoms with van der Waals surface area (Å²) in [5, 5.41) is 3.20. The number of nitrogens with zero attached hydrogens (tertiary/aromatic N) is 1. The van der Waals surface area contributed by atoms with Crippen molar-refractivity contribution in [3.05, 3.63) is 78.2 Å². The second-order valence-corrected chi connectivity index (χ2v) is 8.21. The number of aromatic amines is 1. The standard InChI is InChI=1S/C25H30N4O/c26-15-18-11-13-21(14-12-18)25(30)28-16-22(19-7-3-1-4-8-19)24-27-17-23(29-24)20-9-5-2-6-10-20/h1-10,17-18,21-22H,11-16,26H2,(H,27,29)(H,28,30)/t18?,21?,22-/m1/s1. The van der Waals surface area contributed by atoms with E-state index in [0.29, 0.717) is 12.5 Å². The van der Waals surface area contributed by atoms with E-state index in [1.807, 2.05) is 42.6 Å². The van der Waals surface area contributed by atoms with Crippen LogP contribution in [0.5, 0.6) is 0 Å². The smallest absolute Gasteiger partial charge is 0.223 e. The number of aromatic nitrogens is 2. The number of carbonyl (C=O) groups is 1. The van der Waals surface area contributed by atoms with E-state index in [4.69, 9.17) is 5.73 Å². The van der Waals surface area contributed by atoms with Gasteiger partial charge in [0, 0.05) is 12.5 Å². The van der Waals surface area contributed by atoms with Gasteiger partial charge < -0.3 is 16.0 Å². The predicted octanol–water partition coefficient (Wildman–Crippen LogP) is 4.09. The fraction of sp³-hybridized carbons (Fsp3) is 0.360. The van der Waals surface area contributed by atoms with Crippen LogP contribution < -0.4 is 11.1 Å². The Morgan fingerprint density at radius 3 is 2.37 bits per heavy atom. The lowest BCUT2D eigenvalue weighted by Crippen LogP contribution is -2.36. The highest BCUT2D eigenvalue weighted by atomic mass is 16.1. The minimum atomic E-state index is -0.0204. The summed E-state index contributed by atoms with van der Waals surface area (Å²) in [7, 11) is 0. The first-order valence-electron chi connectivity index (χ1n) is 10.9. The molecule has 1 fully saturated rings. The molecule has 1 heterocycles. The number of carbonyl (C=O) groups excluding carboxylic acids is 1. The third-order valence-corrected chi connectivity index (χ3v) is 6.24. The third kappa shape index (κ3) is 4.79. The number of nitrogens with one attached hydrogen (secondary N) is 2. The zero-order valence-corrected chi connectivity index (χ0v) is 17.3. The number of H-pyrrole nitrogens is 1. The van der Waals surface area contributed by atoms with Crippen LogP contribution in [0.3, 0.4) is 0 Å². The molecule has 1 aromatic heterocycles. The summed E-state index contributed by atoms with van der Waals surface area (Å²) in [5.41, 5.74) is 9.01. The van der Waals surface area contributed by atoms with E-state index in [2.05, 4.69) is 39.6 Å². The molecular weight excluding hydrogens is 372 g/mol. The Bertz CT molecular complexity index is 930. The van der Waals surface area contributed by atoms with Crippen molar-refractivity contribution in [2.75, 3.05) is 13.1 Å². The molecular formula is C25H30N4O. The molecule has 5 heteroatoms. The lowest BCUT2D eigenvalue weighted by Gasteiger charge is -2.27. The van der Waals surface area contributed by atoms with E-state index in [0.717, 1.165) is 54.9 Å². The molecule has 4 rings (SSSR count). The van der Waals surface area contributed by atoms with Gasteiger partial charge >= 0.3 is 0 Å². The van der Waals surface area contributed by atoms with Crippen LogP contribution in [-0.2, 0) is 4.79 Å². The van der Waals surface area contributed by atoms with Gasteiger partial charge in [0.15, 0.2) is 0 Å². The van der Waals surface area contributed by atoms with E-state index >= 15 is 0 Å². The zero-order chi connectivity index (χ0) is 20.8. The second-order valence-electron chi connectivity index (χ2n) is 8.21. The average molecular weight is 403 g/mol. The van der Waals surface area contributed by atoms with Crippen molar-refractivity contribution in [2.24, 2.45) is 17.6 Å². The minimum Gasteiger partial charge on any atom is -0.355 e. The number of nitrogens with two attached hydrogens (primary N) is 1. The maximum Gasteiger partial charge on any atom is 0.223 e. The van der Waals surface area contributed by atoms with Gasteiger partial charge in [0.1, 0.15) is 5.82 Å². The predicted molar refractivity (Wildman–Crippen MR) is 120 cm³/mol. The van der Waals surface area contributed by atoms with Gasteiger partial charge in [-0.2, -0.15) is 0 Å². The van der Waals surface area contributed by atoms with Crippen molar-refractivity contribution in [1.29, 1.82) is 0 Å². The van der Waals surface area contributed by atoms with Crippen molar-refractivity contribution in [2.45, 2.75) is 31.6 Å². The van der Waals surface area contributed by atoms with Gasteiger partial charge in [-0.15, -0.1) is 0 Å². The molecule has 5 nitrogen and oxygen atoms in total. The fourth-order valence-corrected chi connectivity index (χ4v) is 4.34. The van der Waals surface area contributed by atoms with E-state index in [1.54, 1.807) is 0 Å². The molecule has 1 amide bonds. The molecule has 4 N–H and O–H groups in total. The molecule has 1 atom stereocenters. The Morgan fingerprint density at radius 2 is 1.70 bits per heavy atom. The third-order valence-electron chi connectivity index (χ3n) is 6.24. The summed E-state index contributed by atoms with van der Waals surface area (Å²) < 4.78 is 0. The average Bonchev–Trinajstić information content (AvgIpc) is 3.30. The molecule has 0 radical (unpaired) electrons. The maximum atomic E-state index is 12.8. The first-order valence-corrected chi connectivity index (χ1v) is 10.9. The first kappa shape index (κ1) is 20.4. The van der Waals surface area contributed by atoms with Crippen molar-refractivity contribution in [3.63, 3.8) is 0 Å². The van der Waals surface area contributed by atoms with Crippen LogP contribution >= 0.6 is 0 Å². The summed E-state index contributed by atoms with van der Waals surface area (Å²) >= 11 is 0. The summed E-state index contributed by atoms with van der Waals surface area (Å²) in [5.74, 6) is 1.67. The van der Waals surface area contributed by atoms with E-state index in [1.165, 1.54) is 0 Å². The monoisotopic (exact) mass is 402 g/mol. The molecule has 2 aromatic carbocycles. The van der Waals surface area contributed by atoms with Gasteiger partial charge in [0.25, 0.3) is 0 Å². The Balaban J connectivity index is 1.48. The van der Waals surface area contributed by atoms with Gasteiger partial charge in [-0.3, -0.25) is 4.79 Å². The summed E-state index contributed by atoms with van der Waals surface area (Å²) in [6.07, 6.45) is 5.84. The van der Waals surface area contributed by atoms with Crippen LogP contribution in [0, 0.1) is 11.8 Å². The van der Waals surface area contributed by atoms with Crippen molar-refractivity contribution in [1.82, 2.24) is 15.3 Å². The Kier molecular flexibility index (Phi) is 6.60. The Hall–Kier alpha value is -2.92. The van der Waals surface area contributed by atoms with Crippen molar-refractivity contribution >= 4 is 5.91 Å². The van der Waals surface area contributed by atoms with E-state index < -0.39 is 0 Å². The van der Waals surface area contributed by atoms with E-state index in [9.17, 15) is 4.79 Å². The quantitative estimate of drug-likeness (QED) is 0.556. The normalized spacial score (nSPS) is 19.9. The molecule has 0 bridgehead atoms. The van der Waals surface area contributed by atoms with Crippen LogP contribution in [0.2, 0.25) is 0 Å². The molecule has 1 saturated carbocycles. The number of hydrogen-bond donors (Lipinski definition) is 3. The topological polar surface area (TPSA) is 83.8 Å². The first-order chi connectivity index (χ1) is 14.7. The molecule has 0 unspecified atom stereocenters. The van der Waals surface area contributed by atoms with Crippen LogP contribution in [-0.4, -0.2) is 29.0 Å². The zero-order valence-electron chi connectivity index (χ0n) is 17.3. The highest BCUT2D eigenvalue weighted by Gasteiger charge is 2.27. The molecule has 0 spiro atoms. The molecule has 1 aliphatic rings. The SMILES string of the molecule is NCC1CCC(C(=O)NC[C@H](c2ccccc2)c2ncc(-c3ccccc3)[nH]2)CC1. The molecule has 156 valence electrons. The molecule has 3 aromatic rings. The molecule has 0 saturated heterocycles. The Morgan fingerprint density at radius 1 is 1.03 bits per heavy atom. The van der Waals surface area contributed by atoms with Crippen LogP contribution in [0.25, 0.3) is 11.3 Å². The highest BCUT2D eigenvalue weighted by molar-refractivity contribution is 5.78. The van der Waals surface area contributed by atoms with Crippen LogP contribution in [0.4, 0.5) is 0 Å². The van der Waals surface area contributed by atoms with Gasteiger partial charge in [-0.05, 0) is 49.3 Å². The van der Waals surface area contributed by atoms with E-state index in [-0.39, 0.29) is 17.7 Å². The molecule has 30 heavy (non-hydrogen) atoms. The van der Waals surface area contributed by atoms with Crippen LogP contribution in [0.1, 0.15) is 43.0 Å². The van der Waals surface area contributed by atoms with Gasteiger partial charge in [0.2, 0.25) is 5.91 Å². The number of imidazole rings is 1. The summed E-state index contributed by atoms with van der Waals surface area (Å²) in [6, 6.07) is 20.4. The highest BCUT2D eigenvalue weighted by Crippen LogP contribution is 2.29.